The molecule has 0 amide bonds. The van der Waals surface area contributed by atoms with Gasteiger partial charge in [0.2, 0.25) is 5.82 Å². The molecule has 2 aromatic rings. The second-order valence-corrected chi connectivity index (χ2v) is 4.84. The van der Waals surface area contributed by atoms with E-state index in [1.165, 1.54) is 0 Å². The van der Waals surface area contributed by atoms with Crippen molar-refractivity contribution in [1.29, 1.82) is 0 Å². The number of benzene rings is 2. The van der Waals surface area contributed by atoms with Crippen LogP contribution in [0.5, 0.6) is 0 Å². The molecule has 0 unspecified atom stereocenters. The van der Waals surface area contributed by atoms with Crippen molar-refractivity contribution >= 4 is 0 Å². The van der Waals surface area contributed by atoms with Crippen molar-refractivity contribution in [2.45, 2.75) is 12.8 Å². The maximum Gasteiger partial charge on any atom is 0.276 e. The molecule has 2 rings (SSSR count). The largest absolute Gasteiger partial charge is 0.276 e. The molecule has 0 aliphatic heterocycles. The van der Waals surface area contributed by atoms with Gasteiger partial charge >= 0.3 is 0 Å². The standard InChI is InChI=1S/C14H3F11/c1-14(24,25)4-9(19)5(15)2(6(16)10(4)20)3-7(17)11(21)13(23)12(22)8(3)18/h1H3. The lowest BCUT2D eigenvalue weighted by molar-refractivity contribution is 0.00834. The van der Waals surface area contributed by atoms with Crippen LogP contribution in [-0.4, -0.2) is 0 Å². The molecule has 136 valence electrons. The molecule has 0 atom stereocenters. The third-order valence-electron chi connectivity index (χ3n) is 3.16. The van der Waals surface area contributed by atoms with Gasteiger partial charge < -0.3 is 0 Å². The van der Waals surface area contributed by atoms with Crippen molar-refractivity contribution in [2.24, 2.45) is 0 Å². The van der Waals surface area contributed by atoms with Crippen LogP contribution in [0, 0.1) is 52.4 Å². The highest BCUT2D eigenvalue weighted by Crippen LogP contribution is 2.41. The van der Waals surface area contributed by atoms with E-state index in [2.05, 4.69) is 0 Å². The van der Waals surface area contributed by atoms with E-state index in [-0.39, 0.29) is 6.92 Å². The maximum absolute atomic E-state index is 13.9. The van der Waals surface area contributed by atoms with Crippen molar-refractivity contribution in [2.75, 3.05) is 0 Å². The summed E-state index contributed by atoms with van der Waals surface area (Å²) in [5, 5.41) is 0. The summed E-state index contributed by atoms with van der Waals surface area (Å²) in [4.78, 5) is 0. The number of halogens is 11. The minimum absolute atomic E-state index is 0.133. The molecule has 0 nitrogen and oxygen atoms in total. The average molecular weight is 380 g/mol. The zero-order valence-electron chi connectivity index (χ0n) is 11.7. The molecule has 11 heteroatoms. The number of rotatable bonds is 2. The molecule has 0 aromatic heterocycles. The molecule has 25 heavy (non-hydrogen) atoms. The summed E-state index contributed by atoms with van der Waals surface area (Å²) in [5.41, 5.74) is -7.10. The summed E-state index contributed by atoms with van der Waals surface area (Å²) < 4.78 is 148. The van der Waals surface area contributed by atoms with Gasteiger partial charge in [0.15, 0.2) is 46.5 Å². The smallest absolute Gasteiger partial charge is 0.203 e. The van der Waals surface area contributed by atoms with Crippen LogP contribution in [0.2, 0.25) is 0 Å². The predicted molar refractivity (Wildman–Crippen MR) is 61.1 cm³/mol. The highest BCUT2D eigenvalue weighted by Gasteiger charge is 2.40. The van der Waals surface area contributed by atoms with E-state index < -0.39 is 75.0 Å². The van der Waals surface area contributed by atoms with E-state index >= 15 is 0 Å². The van der Waals surface area contributed by atoms with Crippen LogP contribution >= 0.6 is 0 Å². The molecule has 0 spiro atoms. The molecular weight excluding hydrogens is 377 g/mol. The molecule has 0 N–H and O–H groups in total. The molecule has 0 fully saturated rings. The van der Waals surface area contributed by atoms with Gasteiger partial charge in [-0.25, -0.2) is 48.3 Å². The second kappa shape index (κ2) is 5.88. The molecule has 0 aliphatic rings. The highest BCUT2D eigenvalue weighted by atomic mass is 19.3. The minimum Gasteiger partial charge on any atom is -0.203 e. The lowest BCUT2D eigenvalue weighted by atomic mass is 9.97. The first-order valence-corrected chi connectivity index (χ1v) is 6.08. The van der Waals surface area contributed by atoms with Gasteiger partial charge in [0.1, 0.15) is 0 Å². The van der Waals surface area contributed by atoms with Crippen molar-refractivity contribution in [3.05, 3.63) is 57.9 Å². The number of alkyl halides is 2. The Labute approximate surface area is 131 Å². The van der Waals surface area contributed by atoms with Crippen molar-refractivity contribution < 1.29 is 48.3 Å². The summed E-state index contributed by atoms with van der Waals surface area (Å²) in [5.74, 6) is -29.1. The molecule has 0 radical (unpaired) electrons. The van der Waals surface area contributed by atoms with Crippen molar-refractivity contribution in [1.82, 2.24) is 0 Å². The van der Waals surface area contributed by atoms with Crippen molar-refractivity contribution in [3.63, 3.8) is 0 Å². The Hall–Kier alpha value is -2.33. The Balaban J connectivity index is 3.03. The van der Waals surface area contributed by atoms with E-state index in [4.69, 9.17) is 0 Å². The Bertz CT molecular complexity index is 822. The fourth-order valence-corrected chi connectivity index (χ4v) is 2.06. The van der Waals surface area contributed by atoms with Gasteiger partial charge in [-0.3, -0.25) is 0 Å². The quantitative estimate of drug-likeness (QED) is 0.355. The van der Waals surface area contributed by atoms with Crippen LogP contribution in [0.25, 0.3) is 11.1 Å². The van der Waals surface area contributed by atoms with Crippen LogP contribution in [0.1, 0.15) is 12.5 Å². The molecular formula is C14H3F11. The summed E-state index contributed by atoms with van der Waals surface area (Å²) >= 11 is 0. The molecule has 0 heterocycles. The molecule has 2 aromatic carbocycles. The van der Waals surface area contributed by atoms with E-state index in [9.17, 15) is 48.3 Å². The van der Waals surface area contributed by atoms with Gasteiger partial charge in [-0.2, -0.15) is 0 Å². The minimum atomic E-state index is -4.45. The third-order valence-corrected chi connectivity index (χ3v) is 3.16. The maximum atomic E-state index is 13.9. The molecule has 0 bridgehead atoms. The Morgan fingerprint density at radius 2 is 0.680 bits per heavy atom. The SMILES string of the molecule is CC(F)(F)c1c(F)c(F)c(-c2c(F)c(F)c(F)c(F)c2F)c(F)c1F. The van der Waals surface area contributed by atoms with Gasteiger partial charge in [0.25, 0.3) is 5.92 Å². The number of hydrogen-bond donors (Lipinski definition) is 0. The lowest BCUT2D eigenvalue weighted by Crippen LogP contribution is -2.18. The van der Waals surface area contributed by atoms with E-state index in [1.807, 2.05) is 0 Å². The van der Waals surface area contributed by atoms with Gasteiger partial charge in [0.05, 0.1) is 16.7 Å². The van der Waals surface area contributed by atoms with Crippen LogP contribution in [0.3, 0.4) is 0 Å². The van der Waals surface area contributed by atoms with Crippen LogP contribution in [-0.2, 0) is 5.92 Å². The fraction of sp³-hybridized carbons (Fsp3) is 0.143. The normalized spacial score (nSPS) is 12.0. The topological polar surface area (TPSA) is 0 Å². The first kappa shape index (κ1) is 19.0. The highest BCUT2D eigenvalue weighted by molar-refractivity contribution is 5.68. The molecule has 0 saturated carbocycles. The first-order valence-electron chi connectivity index (χ1n) is 6.08. The summed E-state index contributed by atoms with van der Waals surface area (Å²) in [6.45, 7) is -0.133. The Morgan fingerprint density at radius 3 is 0.960 bits per heavy atom. The zero-order chi connectivity index (χ0) is 19.4. The first-order chi connectivity index (χ1) is 11.3. The van der Waals surface area contributed by atoms with Gasteiger partial charge in [-0.05, 0) is 0 Å². The third kappa shape index (κ3) is 2.71. The van der Waals surface area contributed by atoms with Crippen LogP contribution in [0.15, 0.2) is 0 Å². The Morgan fingerprint density at radius 1 is 0.440 bits per heavy atom. The average Bonchev–Trinajstić information content (AvgIpc) is 2.51. The van der Waals surface area contributed by atoms with Gasteiger partial charge in [-0.1, -0.05) is 0 Å². The lowest BCUT2D eigenvalue weighted by Gasteiger charge is -2.17. The van der Waals surface area contributed by atoms with E-state index in [0.717, 1.165) is 0 Å². The van der Waals surface area contributed by atoms with Crippen LogP contribution < -0.4 is 0 Å². The van der Waals surface area contributed by atoms with Gasteiger partial charge in [-0.15, -0.1) is 0 Å². The van der Waals surface area contributed by atoms with Crippen molar-refractivity contribution in [3.8, 4) is 11.1 Å². The summed E-state index contributed by atoms with van der Waals surface area (Å²) in [6, 6.07) is 0. The summed E-state index contributed by atoms with van der Waals surface area (Å²) in [6.07, 6.45) is 0. The molecule has 0 saturated heterocycles. The monoisotopic (exact) mass is 380 g/mol. The summed E-state index contributed by atoms with van der Waals surface area (Å²) in [7, 11) is 0. The van der Waals surface area contributed by atoms with E-state index in [1.54, 1.807) is 0 Å². The van der Waals surface area contributed by atoms with E-state index in [0.29, 0.717) is 0 Å². The molecule has 0 aliphatic carbocycles. The van der Waals surface area contributed by atoms with Gasteiger partial charge in [0, 0.05) is 6.92 Å². The zero-order valence-corrected chi connectivity index (χ0v) is 11.7. The number of hydrogen-bond acceptors (Lipinski definition) is 0. The second-order valence-electron chi connectivity index (χ2n) is 4.84. The predicted octanol–water partition coefficient (Wildman–Crippen LogP) is 5.72. The fourth-order valence-electron chi connectivity index (χ4n) is 2.06. The van der Waals surface area contributed by atoms with Crippen LogP contribution in [0.4, 0.5) is 48.3 Å². The Kier molecular flexibility index (Phi) is 4.47.